The van der Waals surface area contributed by atoms with Gasteiger partial charge in [-0.25, -0.2) is 4.79 Å². The van der Waals surface area contributed by atoms with E-state index >= 15 is 0 Å². The Morgan fingerprint density at radius 1 is 0.969 bits per heavy atom. The Bertz CT molecular complexity index is 1040. The lowest BCUT2D eigenvalue weighted by Crippen LogP contribution is -2.50. The van der Waals surface area contributed by atoms with Gasteiger partial charge in [0.2, 0.25) is 5.91 Å². The van der Waals surface area contributed by atoms with E-state index in [1.165, 1.54) is 25.3 Å². The third kappa shape index (κ3) is 3.66. The molecule has 1 spiro atoms. The van der Waals surface area contributed by atoms with Crippen LogP contribution in [0.2, 0.25) is 0 Å². The third-order valence-corrected chi connectivity index (χ3v) is 6.95. The molecule has 3 aliphatic rings. The first kappa shape index (κ1) is 20.7. The van der Waals surface area contributed by atoms with Gasteiger partial charge in [-0.05, 0) is 67.3 Å². The fourth-order valence-electron chi connectivity index (χ4n) is 5.39. The Morgan fingerprint density at radius 3 is 2.19 bits per heavy atom. The highest BCUT2D eigenvalue weighted by molar-refractivity contribution is 5.91. The van der Waals surface area contributed by atoms with Gasteiger partial charge in [0.25, 0.3) is 0 Å². The minimum atomic E-state index is -0.124. The molecule has 0 saturated heterocycles. The minimum Gasteiger partial charge on any atom is -0.486 e. The van der Waals surface area contributed by atoms with Crippen molar-refractivity contribution in [2.75, 3.05) is 30.4 Å². The van der Waals surface area contributed by atoms with E-state index in [0.717, 1.165) is 29.9 Å². The Morgan fingerprint density at radius 2 is 1.56 bits per heavy atom. The molecule has 0 bridgehead atoms. The molecular weight excluding hydrogens is 406 g/mol. The molecule has 0 radical (unpaired) electrons. The predicted molar refractivity (Wildman–Crippen MR) is 122 cm³/mol. The summed E-state index contributed by atoms with van der Waals surface area (Å²) < 4.78 is 11.7. The molecule has 1 unspecified atom stereocenters. The van der Waals surface area contributed by atoms with Gasteiger partial charge in [0, 0.05) is 30.3 Å². The topological polar surface area (TPSA) is 79.9 Å². The molecule has 2 aromatic rings. The summed E-state index contributed by atoms with van der Waals surface area (Å²) in [5.41, 5.74) is 3.83. The number of nitrogens with zero attached hydrogens (tertiary/aromatic N) is 1. The number of fused-ring (bicyclic) bond motifs is 3. The smallest absolute Gasteiger partial charge is 0.322 e. The average molecular weight is 436 g/mol. The number of rotatable bonds is 2. The van der Waals surface area contributed by atoms with Crippen LogP contribution < -0.4 is 20.1 Å². The van der Waals surface area contributed by atoms with Crippen molar-refractivity contribution in [1.29, 1.82) is 0 Å². The normalized spacial score (nSPS) is 20.6. The molecule has 1 aliphatic carbocycles. The fourth-order valence-corrected chi connectivity index (χ4v) is 5.39. The van der Waals surface area contributed by atoms with Crippen molar-refractivity contribution in [3.8, 4) is 11.5 Å². The largest absolute Gasteiger partial charge is 0.486 e. The van der Waals surface area contributed by atoms with Crippen molar-refractivity contribution in [3.63, 3.8) is 0 Å². The van der Waals surface area contributed by atoms with Crippen molar-refractivity contribution < 1.29 is 19.1 Å². The van der Waals surface area contributed by atoms with Crippen LogP contribution in [0.25, 0.3) is 0 Å². The number of hydrogen-bond acceptors (Lipinski definition) is 4. The zero-order valence-corrected chi connectivity index (χ0v) is 18.6. The molecule has 2 aromatic carbocycles. The number of anilines is 2. The van der Waals surface area contributed by atoms with Gasteiger partial charge in [-0.3, -0.25) is 4.79 Å². The molecule has 1 fully saturated rings. The number of carbonyl (C=O) groups excluding carboxylic acids is 2. The highest BCUT2D eigenvalue weighted by Gasteiger charge is 2.46. The van der Waals surface area contributed by atoms with Gasteiger partial charge in [0.15, 0.2) is 11.5 Å². The van der Waals surface area contributed by atoms with Gasteiger partial charge < -0.3 is 25.0 Å². The standard InChI is InChI=1S/C25H29N3O4/c1-16-20-13-22-23(32-12-11-31-22)14-21(20)25(9-3-4-10-25)15-28(16)24(30)27-19-7-5-18(6-8-19)26-17(2)29/h5-8,13-14,16H,3-4,9-12,15H2,1-2H3,(H,26,29)(H,27,30). The number of carbonyl (C=O) groups is 2. The van der Waals surface area contributed by atoms with Crippen molar-refractivity contribution in [1.82, 2.24) is 4.90 Å². The van der Waals surface area contributed by atoms with Crippen LogP contribution in [0.5, 0.6) is 11.5 Å². The number of benzene rings is 2. The van der Waals surface area contributed by atoms with Gasteiger partial charge >= 0.3 is 6.03 Å². The molecule has 7 heteroatoms. The van der Waals surface area contributed by atoms with E-state index in [2.05, 4.69) is 29.7 Å². The number of hydrogen-bond donors (Lipinski definition) is 2. The fraction of sp³-hybridized carbons (Fsp3) is 0.440. The summed E-state index contributed by atoms with van der Waals surface area (Å²) in [5, 5.41) is 5.78. The molecule has 168 valence electrons. The molecule has 2 aliphatic heterocycles. The van der Waals surface area contributed by atoms with Crippen molar-refractivity contribution in [3.05, 3.63) is 47.5 Å². The maximum Gasteiger partial charge on any atom is 0.322 e. The van der Waals surface area contributed by atoms with E-state index in [4.69, 9.17) is 9.47 Å². The summed E-state index contributed by atoms with van der Waals surface area (Å²) in [4.78, 5) is 26.5. The number of nitrogens with one attached hydrogen (secondary N) is 2. The zero-order chi connectivity index (χ0) is 22.3. The molecule has 3 amide bonds. The van der Waals surface area contributed by atoms with E-state index in [-0.39, 0.29) is 23.4 Å². The summed E-state index contributed by atoms with van der Waals surface area (Å²) in [6, 6.07) is 11.2. The molecule has 1 saturated carbocycles. The lowest BCUT2D eigenvalue weighted by Gasteiger charge is -2.46. The molecule has 0 aromatic heterocycles. The molecule has 2 N–H and O–H groups in total. The van der Waals surface area contributed by atoms with Crippen LogP contribution in [0.3, 0.4) is 0 Å². The van der Waals surface area contributed by atoms with Crippen LogP contribution in [-0.4, -0.2) is 36.6 Å². The third-order valence-electron chi connectivity index (χ3n) is 6.95. The maximum absolute atomic E-state index is 13.4. The second-order valence-corrected chi connectivity index (χ2v) is 9.06. The van der Waals surface area contributed by atoms with Crippen LogP contribution in [0.4, 0.5) is 16.2 Å². The number of ether oxygens (including phenoxy) is 2. The molecule has 7 nitrogen and oxygen atoms in total. The molecule has 1 atom stereocenters. The first-order valence-corrected chi connectivity index (χ1v) is 11.3. The van der Waals surface area contributed by atoms with Gasteiger partial charge in [-0.1, -0.05) is 12.8 Å². The molecule has 5 rings (SSSR count). The van der Waals surface area contributed by atoms with Gasteiger partial charge in [-0.15, -0.1) is 0 Å². The summed E-state index contributed by atoms with van der Waals surface area (Å²) in [6.45, 7) is 5.36. The first-order valence-electron chi connectivity index (χ1n) is 11.3. The second-order valence-electron chi connectivity index (χ2n) is 9.06. The summed E-state index contributed by atoms with van der Waals surface area (Å²) in [5.74, 6) is 1.47. The summed E-state index contributed by atoms with van der Waals surface area (Å²) >= 11 is 0. The van der Waals surface area contributed by atoms with Crippen molar-refractivity contribution >= 4 is 23.3 Å². The minimum absolute atomic E-state index is 0.0374. The first-order chi connectivity index (χ1) is 15.4. The predicted octanol–water partition coefficient (Wildman–Crippen LogP) is 4.84. The average Bonchev–Trinajstić information content (AvgIpc) is 3.26. The zero-order valence-electron chi connectivity index (χ0n) is 18.6. The van der Waals surface area contributed by atoms with E-state index < -0.39 is 0 Å². The van der Waals surface area contributed by atoms with Gasteiger partial charge in [-0.2, -0.15) is 0 Å². The van der Waals surface area contributed by atoms with E-state index in [1.54, 1.807) is 24.3 Å². The monoisotopic (exact) mass is 435 g/mol. The van der Waals surface area contributed by atoms with Crippen molar-refractivity contribution in [2.45, 2.75) is 51.0 Å². The number of amides is 3. The highest BCUT2D eigenvalue weighted by Crippen LogP contribution is 2.52. The lowest BCUT2D eigenvalue weighted by molar-refractivity contribution is -0.114. The van der Waals surface area contributed by atoms with Crippen LogP contribution in [0.1, 0.15) is 56.7 Å². The highest BCUT2D eigenvalue weighted by atomic mass is 16.6. The lowest BCUT2D eigenvalue weighted by atomic mass is 9.71. The van der Waals surface area contributed by atoms with Crippen LogP contribution in [0, 0.1) is 0 Å². The summed E-state index contributed by atoms with van der Waals surface area (Å²) in [7, 11) is 0. The van der Waals surface area contributed by atoms with E-state index in [1.807, 2.05) is 4.90 Å². The van der Waals surface area contributed by atoms with Gasteiger partial charge in [0.1, 0.15) is 13.2 Å². The Labute approximate surface area is 188 Å². The Kier molecular flexibility index (Phi) is 5.19. The maximum atomic E-state index is 13.4. The quantitative estimate of drug-likeness (QED) is 0.708. The van der Waals surface area contributed by atoms with Crippen LogP contribution in [-0.2, 0) is 10.2 Å². The Balaban J connectivity index is 1.43. The van der Waals surface area contributed by atoms with Crippen LogP contribution in [0.15, 0.2) is 36.4 Å². The van der Waals surface area contributed by atoms with E-state index in [9.17, 15) is 9.59 Å². The SMILES string of the molecule is CC(=O)Nc1ccc(NC(=O)N2CC3(CCCC3)c3cc4c(cc3C2C)OCCO4)cc1. The second kappa shape index (κ2) is 8.04. The molecule has 32 heavy (non-hydrogen) atoms. The van der Waals surface area contributed by atoms with Gasteiger partial charge in [0.05, 0.1) is 6.04 Å². The van der Waals surface area contributed by atoms with Crippen molar-refractivity contribution in [2.24, 2.45) is 0 Å². The van der Waals surface area contributed by atoms with Crippen LogP contribution >= 0.6 is 0 Å². The molecule has 2 heterocycles. The summed E-state index contributed by atoms with van der Waals surface area (Å²) in [6.07, 6.45) is 4.48. The molecular formula is C25H29N3O4. The Hall–Kier alpha value is -3.22. The van der Waals surface area contributed by atoms with E-state index in [0.29, 0.717) is 31.1 Å². The number of urea groups is 1.